The van der Waals surface area contributed by atoms with Gasteiger partial charge in [-0.2, -0.15) is 0 Å². The number of halogens is 1. The van der Waals surface area contributed by atoms with E-state index in [2.05, 4.69) is 30.8 Å². The number of nitrogens with two attached hydrogens (primary N) is 1. The summed E-state index contributed by atoms with van der Waals surface area (Å²) in [6, 6.07) is 4.10. The fourth-order valence-corrected chi connectivity index (χ4v) is 2.41. The highest BCUT2D eigenvalue weighted by Gasteiger charge is 2.18. The van der Waals surface area contributed by atoms with Crippen molar-refractivity contribution in [1.29, 1.82) is 0 Å². The lowest BCUT2D eigenvalue weighted by Gasteiger charge is -2.05. The molecule has 96 valence electrons. The van der Waals surface area contributed by atoms with E-state index < -0.39 is 10.0 Å². The smallest absolute Gasteiger partial charge is 0.329 e. The van der Waals surface area contributed by atoms with Gasteiger partial charge in [0.2, 0.25) is 5.89 Å². The normalized spacial score (nSPS) is 11.4. The molecule has 0 spiro atoms. The van der Waals surface area contributed by atoms with Crippen molar-refractivity contribution in [3.8, 4) is 0 Å². The Bertz CT molecular complexity index is 683. The molecule has 0 radical (unpaired) electrons. The number of benzene rings is 1. The molecule has 0 aliphatic carbocycles. The highest BCUT2D eigenvalue weighted by atomic mass is 79.9. The monoisotopic (exact) mass is 332 g/mol. The van der Waals surface area contributed by atoms with E-state index in [1.54, 1.807) is 13.0 Å². The summed E-state index contributed by atoms with van der Waals surface area (Å²) in [4.78, 5) is 0.0130. The average Bonchev–Trinajstić information content (AvgIpc) is 2.67. The van der Waals surface area contributed by atoms with Crippen molar-refractivity contribution in [3.63, 3.8) is 0 Å². The van der Waals surface area contributed by atoms with Crippen LogP contribution in [0.25, 0.3) is 0 Å². The van der Waals surface area contributed by atoms with E-state index in [0.717, 1.165) is 0 Å². The first-order valence-electron chi connectivity index (χ1n) is 4.76. The van der Waals surface area contributed by atoms with Crippen LogP contribution in [0.3, 0.4) is 0 Å². The molecule has 0 unspecified atom stereocenters. The van der Waals surface area contributed by atoms with Gasteiger partial charge in [0.15, 0.2) is 0 Å². The number of anilines is 2. The second-order valence-electron chi connectivity index (χ2n) is 3.42. The molecule has 0 saturated carbocycles. The molecule has 2 aromatic rings. The summed E-state index contributed by atoms with van der Waals surface area (Å²) in [7, 11) is -3.79. The molecular formula is C9H9BrN4O3S. The predicted octanol–water partition coefficient (Wildman–Crippen LogP) is 1.52. The van der Waals surface area contributed by atoms with Crippen molar-refractivity contribution >= 4 is 37.7 Å². The maximum absolute atomic E-state index is 12.0. The Hall–Kier alpha value is -1.61. The Morgan fingerprint density at radius 2 is 2.11 bits per heavy atom. The third kappa shape index (κ3) is 2.62. The molecule has 18 heavy (non-hydrogen) atoms. The van der Waals surface area contributed by atoms with E-state index in [1.165, 1.54) is 12.1 Å². The zero-order valence-corrected chi connectivity index (χ0v) is 11.6. The number of nitrogen functional groups attached to an aromatic ring is 1. The van der Waals surface area contributed by atoms with Crippen LogP contribution in [0.15, 0.2) is 32.0 Å². The maximum Gasteiger partial charge on any atom is 0.329 e. The first-order chi connectivity index (χ1) is 8.38. The van der Waals surface area contributed by atoms with Gasteiger partial charge in [0.1, 0.15) is 0 Å². The highest BCUT2D eigenvalue weighted by molar-refractivity contribution is 9.10. The first-order valence-corrected chi connectivity index (χ1v) is 7.04. The summed E-state index contributed by atoms with van der Waals surface area (Å²) in [6.45, 7) is 1.56. The minimum atomic E-state index is -3.79. The Morgan fingerprint density at radius 3 is 2.67 bits per heavy atom. The van der Waals surface area contributed by atoms with Gasteiger partial charge < -0.3 is 10.2 Å². The van der Waals surface area contributed by atoms with Crippen LogP contribution in [-0.4, -0.2) is 18.6 Å². The van der Waals surface area contributed by atoms with Crippen LogP contribution in [0.4, 0.5) is 11.7 Å². The molecule has 0 aliphatic rings. The summed E-state index contributed by atoms with van der Waals surface area (Å²) in [6.07, 6.45) is 0. The molecule has 0 aliphatic heterocycles. The SMILES string of the molecule is Cc1nnc(NS(=O)(=O)c2ccc(Br)c(N)c2)o1. The molecule has 0 fully saturated rings. The van der Waals surface area contributed by atoms with Crippen molar-refractivity contribution in [1.82, 2.24) is 10.2 Å². The van der Waals surface area contributed by atoms with E-state index in [-0.39, 0.29) is 16.8 Å². The van der Waals surface area contributed by atoms with Crippen LogP contribution >= 0.6 is 15.9 Å². The predicted molar refractivity (Wildman–Crippen MR) is 68.4 cm³/mol. The standard InChI is InChI=1S/C9H9BrN4O3S/c1-5-12-13-9(17-5)14-18(15,16)6-2-3-7(10)8(11)4-6/h2-4H,11H2,1H3,(H,13,14). The number of hydrogen-bond donors (Lipinski definition) is 2. The fraction of sp³-hybridized carbons (Fsp3) is 0.111. The van der Waals surface area contributed by atoms with Crippen molar-refractivity contribution in [2.45, 2.75) is 11.8 Å². The number of rotatable bonds is 3. The molecule has 1 aromatic heterocycles. The Morgan fingerprint density at radius 1 is 1.39 bits per heavy atom. The van der Waals surface area contributed by atoms with Gasteiger partial charge in [0.05, 0.1) is 4.90 Å². The summed E-state index contributed by atoms with van der Waals surface area (Å²) >= 11 is 3.19. The van der Waals surface area contributed by atoms with Gasteiger partial charge in [-0.05, 0) is 34.1 Å². The summed E-state index contributed by atoms with van der Waals surface area (Å²) in [5.41, 5.74) is 5.94. The van der Waals surface area contributed by atoms with Gasteiger partial charge in [0.25, 0.3) is 10.0 Å². The maximum atomic E-state index is 12.0. The number of hydrogen-bond acceptors (Lipinski definition) is 6. The quantitative estimate of drug-likeness (QED) is 0.824. The first kappa shape index (κ1) is 12.8. The number of sulfonamides is 1. The third-order valence-electron chi connectivity index (χ3n) is 2.03. The second kappa shape index (κ2) is 4.58. The van der Waals surface area contributed by atoms with Crippen LogP contribution in [0.5, 0.6) is 0 Å². The number of nitrogens with one attached hydrogen (secondary N) is 1. The summed E-state index contributed by atoms with van der Waals surface area (Å²) < 4.78 is 31.7. The molecule has 1 aromatic carbocycles. The number of aromatic nitrogens is 2. The summed E-state index contributed by atoms with van der Waals surface area (Å²) in [5, 5.41) is 7.07. The van der Waals surface area contributed by atoms with E-state index in [1.807, 2.05) is 0 Å². The van der Waals surface area contributed by atoms with Crippen molar-refractivity contribution in [2.24, 2.45) is 0 Å². The molecule has 0 bridgehead atoms. The van der Waals surface area contributed by atoms with Crippen molar-refractivity contribution in [2.75, 3.05) is 10.5 Å². The van der Waals surface area contributed by atoms with Gasteiger partial charge in [-0.1, -0.05) is 5.10 Å². The van der Waals surface area contributed by atoms with Crippen molar-refractivity contribution in [3.05, 3.63) is 28.6 Å². The van der Waals surface area contributed by atoms with Crippen LogP contribution in [0.1, 0.15) is 5.89 Å². The number of nitrogens with zero attached hydrogens (tertiary/aromatic N) is 2. The van der Waals surface area contributed by atoms with Gasteiger partial charge >= 0.3 is 6.01 Å². The van der Waals surface area contributed by atoms with E-state index in [4.69, 9.17) is 10.2 Å². The highest BCUT2D eigenvalue weighted by Crippen LogP contribution is 2.23. The Kier molecular flexibility index (Phi) is 3.26. The lowest BCUT2D eigenvalue weighted by Crippen LogP contribution is -2.13. The molecule has 0 amide bonds. The molecule has 0 saturated heterocycles. The molecular weight excluding hydrogens is 324 g/mol. The van der Waals surface area contributed by atoms with Gasteiger partial charge in [-0.25, -0.2) is 13.1 Å². The molecule has 2 rings (SSSR count). The Balaban J connectivity index is 2.33. The molecule has 7 nitrogen and oxygen atoms in total. The van der Waals surface area contributed by atoms with Crippen molar-refractivity contribution < 1.29 is 12.8 Å². The van der Waals surface area contributed by atoms with Crippen LogP contribution < -0.4 is 10.5 Å². The molecule has 1 heterocycles. The lowest BCUT2D eigenvalue weighted by atomic mass is 10.3. The van der Waals surface area contributed by atoms with E-state index in [0.29, 0.717) is 10.2 Å². The minimum absolute atomic E-state index is 0.0130. The molecule has 9 heteroatoms. The lowest BCUT2D eigenvalue weighted by molar-refractivity contribution is 0.534. The topological polar surface area (TPSA) is 111 Å². The minimum Gasteiger partial charge on any atom is -0.408 e. The molecule has 3 N–H and O–H groups in total. The van der Waals surface area contributed by atoms with Gasteiger partial charge in [0, 0.05) is 17.1 Å². The number of aryl methyl sites for hydroxylation is 1. The second-order valence-corrected chi connectivity index (χ2v) is 5.95. The largest absolute Gasteiger partial charge is 0.408 e. The average molecular weight is 333 g/mol. The zero-order chi connectivity index (χ0) is 13.3. The van der Waals surface area contributed by atoms with E-state index >= 15 is 0 Å². The van der Waals surface area contributed by atoms with E-state index in [9.17, 15) is 8.42 Å². The Labute approximate surface area is 112 Å². The fourth-order valence-electron chi connectivity index (χ4n) is 1.20. The van der Waals surface area contributed by atoms with Crippen LogP contribution in [-0.2, 0) is 10.0 Å². The van der Waals surface area contributed by atoms with Crippen LogP contribution in [0, 0.1) is 6.92 Å². The zero-order valence-electron chi connectivity index (χ0n) is 9.21. The third-order valence-corrected chi connectivity index (χ3v) is 4.07. The summed E-state index contributed by atoms with van der Waals surface area (Å²) in [5.74, 6) is 0.267. The van der Waals surface area contributed by atoms with Gasteiger partial charge in [-0.3, -0.25) is 0 Å². The van der Waals surface area contributed by atoms with Crippen LogP contribution in [0.2, 0.25) is 0 Å². The molecule has 0 atom stereocenters. The van der Waals surface area contributed by atoms with Gasteiger partial charge in [-0.15, -0.1) is 5.10 Å².